The smallest absolute Gasteiger partial charge is 0.480 e. The number of benzene rings is 1. The second-order valence-electron chi connectivity index (χ2n) is 6.47. The van der Waals surface area contributed by atoms with Gasteiger partial charge in [-0.2, -0.15) is 31.4 Å². The van der Waals surface area contributed by atoms with Gasteiger partial charge in [0, 0.05) is 6.42 Å². The molecule has 0 fully saturated rings. The third-order valence-electron chi connectivity index (χ3n) is 4.24. The molecule has 0 spiro atoms. The van der Waals surface area contributed by atoms with Crippen molar-refractivity contribution in [1.82, 2.24) is 14.3 Å². The summed E-state index contributed by atoms with van der Waals surface area (Å²) in [4.78, 5) is 32.6. The number of carbonyl (C=O) groups is 2. The number of aromatic nitrogens is 3. The molecule has 1 aliphatic rings. The number of alkyl halides is 6. The van der Waals surface area contributed by atoms with Crippen LogP contribution in [0.1, 0.15) is 35.8 Å². The first-order valence-corrected chi connectivity index (χ1v) is 8.59. The molecule has 170 valence electrons. The van der Waals surface area contributed by atoms with E-state index < -0.39 is 41.6 Å². The average Bonchev–Trinajstić information content (AvgIpc) is 2.96. The van der Waals surface area contributed by atoms with Crippen LogP contribution in [0.4, 0.5) is 26.3 Å². The van der Waals surface area contributed by atoms with Gasteiger partial charge in [0.05, 0.1) is 12.1 Å². The van der Waals surface area contributed by atoms with Crippen molar-refractivity contribution in [3.63, 3.8) is 0 Å². The molecule has 0 saturated carbocycles. The van der Waals surface area contributed by atoms with Crippen LogP contribution >= 0.6 is 0 Å². The third-order valence-corrected chi connectivity index (χ3v) is 4.24. The normalized spacial score (nSPS) is 16.1. The maximum absolute atomic E-state index is 12.8. The van der Waals surface area contributed by atoms with Crippen LogP contribution in [0.5, 0.6) is 0 Å². The van der Waals surface area contributed by atoms with Crippen molar-refractivity contribution in [3.05, 3.63) is 51.7 Å². The Hall–Kier alpha value is -3.32. The van der Waals surface area contributed by atoms with Crippen molar-refractivity contribution in [1.29, 1.82) is 0 Å². The minimum absolute atomic E-state index is 0.144. The van der Waals surface area contributed by atoms with Crippen molar-refractivity contribution >= 4 is 11.9 Å². The van der Waals surface area contributed by atoms with E-state index in [0.29, 0.717) is 25.1 Å². The van der Waals surface area contributed by atoms with Crippen molar-refractivity contribution < 1.29 is 46.1 Å². The summed E-state index contributed by atoms with van der Waals surface area (Å²) in [6.07, 6.45) is -8.16. The molecule has 0 amide bonds. The molecule has 2 heterocycles. The molecule has 0 radical (unpaired) electrons. The first-order valence-electron chi connectivity index (χ1n) is 8.59. The molecule has 8 nitrogen and oxygen atoms in total. The molecular weight excluding hydrogens is 440 g/mol. The summed E-state index contributed by atoms with van der Waals surface area (Å²) in [5.41, 5.74) is -1.15. The Morgan fingerprint density at radius 2 is 1.74 bits per heavy atom. The van der Waals surface area contributed by atoms with Gasteiger partial charge in [-0.05, 0) is 30.5 Å². The van der Waals surface area contributed by atoms with Gasteiger partial charge >= 0.3 is 30.0 Å². The number of nitrogens with zero attached hydrogens (tertiary/aromatic N) is 3. The second-order valence-corrected chi connectivity index (χ2v) is 6.47. The third kappa shape index (κ3) is 5.86. The van der Waals surface area contributed by atoms with Gasteiger partial charge in [-0.25, -0.2) is 19.1 Å². The standard InChI is InChI=1S/C15H14F3N3O3.C2HF3O2/c16-15(17,18)10-4-1-3-9(7-10)8-20-14(24)21-11(13(22)23)5-2-6-12(21)19-20;3-2(4,5)1(6)7/h1,3-4,7,11H,2,5-6,8H2,(H,22,23);(H,6,7). The summed E-state index contributed by atoms with van der Waals surface area (Å²) in [5.74, 6) is -3.52. The highest BCUT2D eigenvalue weighted by atomic mass is 19.4. The number of hydrogen-bond acceptors (Lipinski definition) is 4. The first-order chi connectivity index (χ1) is 14.2. The van der Waals surface area contributed by atoms with Crippen LogP contribution in [-0.4, -0.2) is 42.7 Å². The van der Waals surface area contributed by atoms with E-state index in [-0.39, 0.29) is 12.1 Å². The quantitative estimate of drug-likeness (QED) is 0.688. The van der Waals surface area contributed by atoms with E-state index in [2.05, 4.69) is 5.10 Å². The Kier molecular flexibility index (Phi) is 6.81. The molecule has 0 aliphatic carbocycles. The molecule has 1 atom stereocenters. The van der Waals surface area contributed by atoms with Crippen molar-refractivity contribution in [3.8, 4) is 0 Å². The van der Waals surface area contributed by atoms with E-state index in [0.717, 1.165) is 21.4 Å². The van der Waals surface area contributed by atoms with E-state index in [1.807, 2.05) is 0 Å². The van der Waals surface area contributed by atoms with Crippen LogP contribution in [0, 0.1) is 0 Å². The highest BCUT2D eigenvalue weighted by Gasteiger charge is 2.38. The van der Waals surface area contributed by atoms with E-state index >= 15 is 0 Å². The summed E-state index contributed by atoms with van der Waals surface area (Å²) in [5, 5.41) is 20.4. The van der Waals surface area contributed by atoms with Gasteiger partial charge in [0.2, 0.25) is 0 Å². The summed E-state index contributed by atoms with van der Waals surface area (Å²) in [7, 11) is 0. The largest absolute Gasteiger partial charge is 0.490 e. The molecule has 1 aromatic carbocycles. The average molecular weight is 455 g/mol. The van der Waals surface area contributed by atoms with Gasteiger partial charge in [0.25, 0.3) is 0 Å². The molecule has 1 aliphatic heterocycles. The predicted molar refractivity (Wildman–Crippen MR) is 90.3 cm³/mol. The van der Waals surface area contributed by atoms with E-state index in [1.54, 1.807) is 0 Å². The van der Waals surface area contributed by atoms with Gasteiger partial charge in [-0.3, -0.25) is 4.57 Å². The minimum Gasteiger partial charge on any atom is -0.480 e. The van der Waals surface area contributed by atoms with Crippen molar-refractivity contribution in [2.45, 2.75) is 44.2 Å². The number of carboxylic acid groups (broad SMARTS) is 2. The molecular formula is C17H15F6N3O5. The number of aliphatic carboxylic acids is 2. The van der Waals surface area contributed by atoms with E-state index in [1.165, 1.54) is 12.1 Å². The minimum atomic E-state index is -5.08. The Labute approximate surface area is 169 Å². The first kappa shape index (κ1) is 24.0. The lowest BCUT2D eigenvalue weighted by Crippen LogP contribution is -2.34. The Balaban J connectivity index is 0.000000423. The topological polar surface area (TPSA) is 114 Å². The molecule has 0 bridgehead atoms. The summed E-state index contributed by atoms with van der Waals surface area (Å²) >= 11 is 0. The molecule has 0 saturated heterocycles. The zero-order valence-electron chi connectivity index (χ0n) is 15.4. The van der Waals surface area contributed by atoms with E-state index in [9.17, 15) is 41.0 Å². The number of rotatable bonds is 3. The van der Waals surface area contributed by atoms with Crippen LogP contribution in [-0.2, 0) is 28.7 Å². The molecule has 1 aromatic heterocycles. The lowest BCUT2D eigenvalue weighted by molar-refractivity contribution is -0.192. The highest BCUT2D eigenvalue weighted by molar-refractivity contribution is 5.73. The van der Waals surface area contributed by atoms with Crippen LogP contribution < -0.4 is 5.69 Å². The number of aryl methyl sites for hydroxylation is 1. The monoisotopic (exact) mass is 455 g/mol. The highest BCUT2D eigenvalue weighted by Crippen LogP contribution is 2.29. The van der Waals surface area contributed by atoms with Gasteiger partial charge in [-0.1, -0.05) is 12.1 Å². The maximum Gasteiger partial charge on any atom is 0.490 e. The fourth-order valence-corrected chi connectivity index (χ4v) is 2.89. The van der Waals surface area contributed by atoms with Crippen molar-refractivity contribution in [2.24, 2.45) is 0 Å². The number of halogens is 6. The van der Waals surface area contributed by atoms with Gasteiger partial charge in [0.15, 0.2) is 0 Å². The molecule has 2 N–H and O–H groups in total. The lowest BCUT2D eigenvalue weighted by Gasteiger charge is -2.19. The molecule has 3 rings (SSSR count). The molecule has 14 heteroatoms. The SMILES string of the molecule is O=C(O)C(F)(F)F.O=C(O)C1CCCc2nn(Cc3cccc(C(F)(F)F)c3)c(=O)n21. The van der Waals surface area contributed by atoms with Gasteiger partial charge in [0.1, 0.15) is 11.9 Å². The number of carboxylic acids is 2. The fourth-order valence-electron chi connectivity index (χ4n) is 2.89. The van der Waals surface area contributed by atoms with Crippen LogP contribution in [0.3, 0.4) is 0 Å². The lowest BCUT2D eigenvalue weighted by atomic mass is 10.1. The number of hydrogen-bond donors (Lipinski definition) is 2. The Morgan fingerprint density at radius 1 is 1.13 bits per heavy atom. The summed E-state index contributed by atoms with van der Waals surface area (Å²) in [6.45, 7) is -0.144. The second kappa shape index (κ2) is 8.81. The van der Waals surface area contributed by atoms with Crippen LogP contribution in [0.25, 0.3) is 0 Å². The Morgan fingerprint density at radius 3 is 2.26 bits per heavy atom. The van der Waals surface area contributed by atoms with Crippen LogP contribution in [0.15, 0.2) is 29.1 Å². The van der Waals surface area contributed by atoms with E-state index in [4.69, 9.17) is 9.90 Å². The zero-order valence-corrected chi connectivity index (χ0v) is 15.4. The predicted octanol–water partition coefficient (Wildman–Crippen LogP) is 2.71. The Bertz CT molecular complexity index is 1020. The molecule has 1 unspecified atom stereocenters. The maximum atomic E-state index is 12.8. The van der Waals surface area contributed by atoms with Gasteiger partial charge in [-0.15, -0.1) is 0 Å². The summed E-state index contributed by atoms with van der Waals surface area (Å²) in [6, 6.07) is 3.66. The molecule has 31 heavy (non-hydrogen) atoms. The van der Waals surface area contributed by atoms with Gasteiger partial charge < -0.3 is 10.2 Å². The molecule has 2 aromatic rings. The summed E-state index contributed by atoms with van der Waals surface area (Å²) < 4.78 is 72.2. The fraction of sp³-hybridized carbons (Fsp3) is 0.412. The van der Waals surface area contributed by atoms with Crippen LogP contribution in [0.2, 0.25) is 0 Å². The number of fused-ring (bicyclic) bond motifs is 1. The van der Waals surface area contributed by atoms with Crippen molar-refractivity contribution in [2.75, 3.05) is 0 Å². The zero-order chi connectivity index (χ0) is 23.6.